The Morgan fingerprint density at radius 1 is 0.947 bits per heavy atom. The highest BCUT2D eigenvalue weighted by atomic mass is 16.5. The van der Waals surface area contributed by atoms with Crippen molar-refractivity contribution in [3.05, 3.63) is 0 Å². The maximum Gasteiger partial charge on any atom is 0.305 e. The molecule has 0 radical (unpaired) electrons. The Morgan fingerprint density at radius 3 is 2.21 bits per heavy atom. The van der Waals surface area contributed by atoms with Gasteiger partial charge in [-0.2, -0.15) is 0 Å². The molecule has 0 aliphatic heterocycles. The largest absolute Gasteiger partial charge is 0.466 e. The summed E-state index contributed by atoms with van der Waals surface area (Å²) in [6.07, 6.45) is 5.04. The second kappa shape index (κ2) is 12.4. The Morgan fingerprint density at radius 2 is 1.63 bits per heavy atom. The summed E-state index contributed by atoms with van der Waals surface area (Å²) in [5.41, 5.74) is 0. The van der Waals surface area contributed by atoms with E-state index in [0.29, 0.717) is 13.0 Å². The molecule has 0 amide bonds. The highest BCUT2D eigenvalue weighted by molar-refractivity contribution is 5.69. The zero-order chi connectivity index (χ0) is 14.5. The Balaban J connectivity index is 3.48. The first kappa shape index (κ1) is 18.4. The van der Waals surface area contributed by atoms with Crippen LogP contribution in [0.15, 0.2) is 0 Å². The van der Waals surface area contributed by atoms with Crippen molar-refractivity contribution < 1.29 is 9.53 Å². The van der Waals surface area contributed by atoms with Crippen LogP contribution >= 0.6 is 0 Å². The van der Waals surface area contributed by atoms with Crippen molar-refractivity contribution in [1.82, 2.24) is 9.80 Å². The fraction of sp³-hybridized carbons (Fsp3) is 0.933. The third kappa shape index (κ3) is 12.2. The molecule has 0 aromatic rings. The number of esters is 1. The van der Waals surface area contributed by atoms with Crippen LogP contribution in [0.1, 0.15) is 46.0 Å². The van der Waals surface area contributed by atoms with E-state index >= 15 is 0 Å². The van der Waals surface area contributed by atoms with E-state index in [-0.39, 0.29) is 5.97 Å². The summed E-state index contributed by atoms with van der Waals surface area (Å²) in [5, 5.41) is 0. The number of nitrogens with zero attached hydrogens (tertiary/aromatic N) is 2. The van der Waals surface area contributed by atoms with Crippen LogP contribution in [0.3, 0.4) is 0 Å². The van der Waals surface area contributed by atoms with Crippen LogP contribution < -0.4 is 0 Å². The van der Waals surface area contributed by atoms with Gasteiger partial charge in [0.2, 0.25) is 0 Å². The maximum absolute atomic E-state index is 11.2. The number of hydrogen-bond acceptors (Lipinski definition) is 4. The van der Waals surface area contributed by atoms with Gasteiger partial charge in [-0.3, -0.25) is 4.79 Å². The van der Waals surface area contributed by atoms with Gasteiger partial charge in [0.15, 0.2) is 0 Å². The Kier molecular flexibility index (Phi) is 12.0. The molecule has 0 atom stereocenters. The quantitative estimate of drug-likeness (QED) is 0.403. The van der Waals surface area contributed by atoms with E-state index in [4.69, 9.17) is 4.74 Å². The summed E-state index contributed by atoms with van der Waals surface area (Å²) in [7, 11) is 4.23. The van der Waals surface area contributed by atoms with Gasteiger partial charge < -0.3 is 14.5 Å². The standard InChI is InChI=1S/C15H32N2O2/c1-5-17(14-10-12-16(3)4)13-9-7-8-11-15(18)19-6-2/h5-14H2,1-4H3. The Bertz CT molecular complexity index is 220. The lowest BCUT2D eigenvalue weighted by Crippen LogP contribution is -2.28. The maximum atomic E-state index is 11.2. The normalized spacial score (nSPS) is 11.3. The predicted octanol–water partition coefficient (Wildman–Crippen LogP) is 2.38. The van der Waals surface area contributed by atoms with Gasteiger partial charge in [0.05, 0.1) is 6.61 Å². The fourth-order valence-electron chi connectivity index (χ4n) is 2.05. The van der Waals surface area contributed by atoms with Crippen molar-refractivity contribution in [1.29, 1.82) is 0 Å². The average Bonchev–Trinajstić information content (AvgIpc) is 2.36. The molecule has 0 aromatic heterocycles. The van der Waals surface area contributed by atoms with E-state index in [9.17, 15) is 4.79 Å². The summed E-state index contributed by atoms with van der Waals surface area (Å²) in [6.45, 7) is 9.15. The van der Waals surface area contributed by atoms with Crippen LogP contribution in [-0.2, 0) is 9.53 Å². The van der Waals surface area contributed by atoms with Crippen LogP contribution in [0.25, 0.3) is 0 Å². The van der Waals surface area contributed by atoms with Gasteiger partial charge in [0, 0.05) is 6.42 Å². The zero-order valence-electron chi connectivity index (χ0n) is 13.3. The summed E-state index contributed by atoms with van der Waals surface area (Å²) >= 11 is 0. The van der Waals surface area contributed by atoms with E-state index in [1.165, 1.54) is 19.4 Å². The van der Waals surface area contributed by atoms with Crippen molar-refractivity contribution in [2.45, 2.75) is 46.0 Å². The smallest absolute Gasteiger partial charge is 0.305 e. The lowest BCUT2D eigenvalue weighted by atomic mass is 10.2. The van der Waals surface area contributed by atoms with Gasteiger partial charge >= 0.3 is 5.97 Å². The topological polar surface area (TPSA) is 32.8 Å². The van der Waals surface area contributed by atoms with E-state index in [0.717, 1.165) is 32.5 Å². The van der Waals surface area contributed by atoms with Gasteiger partial charge in [-0.15, -0.1) is 0 Å². The summed E-state index contributed by atoms with van der Waals surface area (Å²) in [6, 6.07) is 0. The molecule has 0 N–H and O–H groups in total. The van der Waals surface area contributed by atoms with Crippen LogP contribution in [0, 0.1) is 0 Å². The van der Waals surface area contributed by atoms with Gasteiger partial charge in [0.25, 0.3) is 0 Å². The number of carbonyl (C=O) groups excluding carboxylic acids is 1. The Hall–Kier alpha value is -0.610. The lowest BCUT2D eigenvalue weighted by Gasteiger charge is -2.21. The van der Waals surface area contributed by atoms with E-state index in [1.54, 1.807) is 0 Å². The molecular weight excluding hydrogens is 240 g/mol. The van der Waals surface area contributed by atoms with Crippen LogP contribution in [0.2, 0.25) is 0 Å². The molecular formula is C15H32N2O2. The molecule has 4 nitrogen and oxygen atoms in total. The predicted molar refractivity (Wildman–Crippen MR) is 80.4 cm³/mol. The third-order valence-corrected chi connectivity index (χ3v) is 3.19. The van der Waals surface area contributed by atoms with Crippen molar-refractivity contribution in [3.63, 3.8) is 0 Å². The van der Waals surface area contributed by atoms with E-state index in [2.05, 4.69) is 30.8 Å². The molecule has 0 bridgehead atoms. The third-order valence-electron chi connectivity index (χ3n) is 3.19. The molecule has 0 unspecified atom stereocenters. The summed E-state index contributed by atoms with van der Waals surface area (Å²) < 4.78 is 4.91. The highest BCUT2D eigenvalue weighted by Crippen LogP contribution is 2.04. The molecule has 0 saturated carbocycles. The summed E-state index contributed by atoms with van der Waals surface area (Å²) in [5.74, 6) is -0.0548. The van der Waals surface area contributed by atoms with Gasteiger partial charge in [-0.25, -0.2) is 0 Å². The van der Waals surface area contributed by atoms with Crippen molar-refractivity contribution in [2.24, 2.45) is 0 Å². The van der Waals surface area contributed by atoms with Crippen LogP contribution in [0.5, 0.6) is 0 Å². The molecule has 0 aromatic carbocycles. The van der Waals surface area contributed by atoms with Crippen LogP contribution in [0.4, 0.5) is 0 Å². The second-order valence-electron chi connectivity index (χ2n) is 5.21. The SMILES string of the molecule is CCOC(=O)CCCCCN(CC)CCCN(C)C. The molecule has 0 spiro atoms. The minimum Gasteiger partial charge on any atom is -0.466 e. The van der Waals surface area contributed by atoms with Crippen LogP contribution in [-0.4, -0.2) is 62.7 Å². The zero-order valence-corrected chi connectivity index (χ0v) is 13.3. The highest BCUT2D eigenvalue weighted by Gasteiger charge is 2.04. The molecule has 114 valence electrons. The summed E-state index contributed by atoms with van der Waals surface area (Å²) in [4.78, 5) is 15.9. The molecule has 0 aliphatic rings. The van der Waals surface area contributed by atoms with Crippen molar-refractivity contribution in [3.8, 4) is 0 Å². The minimum atomic E-state index is -0.0548. The van der Waals surface area contributed by atoms with Gasteiger partial charge in [-0.05, 0) is 66.5 Å². The molecule has 0 saturated heterocycles. The van der Waals surface area contributed by atoms with Crippen molar-refractivity contribution >= 4 is 5.97 Å². The molecule has 0 aliphatic carbocycles. The van der Waals surface area contributed by atoms with E-state index < -0.39 is 0 Å². The average molecular weight is 272 g/mol. The van der Waals surface area contributed by atoms with Gasteiger partial charge in [0.1, 0.15) is 0 Å². The first-order valence-corrected chi connectivity index (χ1v) is 7.62. The van der Waals surface area contributed by atoms with Crippen molar-refractivity contribution in [2.75, 3.05) is 46.9 Å². The lowest BCUT2D eigenvalue weighted by molar-refractivity contribution is -0.143. The molecule has 0 rings (SSSR count). The fourth-order valence-corrected chi connectivity index (χ4v) is 2.05. The van der Waals surface area contributed by atoms with Gasteiger partial charge in [-0.1, -0.05) is 13.3 Å². The number of unbranched alkanes of at least 4 members (excludes halogenated alkanes) is 2. The molecule has 0 fully saturated rings. The Labute approximate surface area is 119 Å². The van der Waals surface area contributed by atoms with E-state index in [1.807, 2.05) is 6.92 Å². The molecule has 0 heterocycles. The number of hydrogen-bond donors (Lipinski definition) is 0. The monoisotopic (exact) mass is 272 g/mol. The molecule has 4 heteroatoms. The number of rotatable bonds is 12. The number of ether oxygens (including phenoxy) is 1. The first-order chi connectivity index (χ1) is 9.10. The second-order valence-corrected chi connectivity index (χ2v) is 5.21. The minimum absolute atomic E-state index is 0.0548. The number of carbonyl (C=O) groups is 1. The molecule has 19 heavy (non-hydrogen) atoms. The first-order valence-electron chi connectivity index (χ1n) is 7.62.